The fourth-order valence-electron chi connectivity index (χ4n) is 3.37. The zero-order valence-electron chi connectivity index (χ0n) is 12.2. The van der Waals surface area contributed by atoms with Crippen LogP contribution < -0.4 is 5.32 Å². The molecule has 1 heterocycles. The smallest absolute Gasteiger partial charge is 0.247 e. The van der Waals surface area contributed by atoms with E-state index in [0.717, 1.165) is 19.4 Å². The molecule has 1 saturated carbocycles. The summed E-state index contributed by atoms with van der Waals surface area (Å²) in [4.78, 5) is 25.8. The highest BCUT2D eigenvalue weighted by molar-refractivity contribution is 6.05. The largest absolute Gasteiger partial charge is 0.305 e. The first-order valence-electron chi connectivity index (χ1n) is 7.76. The highest BCUT2D eigenvalue weighted by Gasteiger charge is 2.41. The van der Waals surface area contributed by atoms with Gasteiger partial charge >= 0.3 is 0 Å². The van der Waals surface area contributed by atoms with Gasteiger partial charge in [0.25, 0.3) is 0 Å². The van der Waals surface area contributed by atoms with Crippen LogP contribution in [0.25, 0.3) is 0 Å². The van der Waals surface area contributed by atoms with Crippen LogP contribution in [0.5, 0.6) is 0 Å². The van der Waals surface area contributed by atoms with E-state index in [1.54, 1.807) is 0 Å². The number of carbonyl (C=O) groups is 2. The Morgan fingerprint density at radius 3 is 2.42 bits per heavy atom. The van der Waals surface area contributed by atoms with Gasteiger partial charge in [0.15, 0.2) is 0 Å². The minimum absolute atomic E-state index is 0.00243. The quantitative estimate of drug-likeness (QED) is 0.749. The first-order valence-corrected chi connectivity index (χ1v) is 7.76. The molecule has 4 nitrogen and oxygen atoms in total. The summed E-state index contributed by atoms with van der Waals surface area (Å²) in [6.07, 6.45) is 7.19. The molecule has 1 atom stereocenters. The number of rotatable bonds is 6. The average molecular weight is 266 g/mol. The van der Waals surface area contributed by atoms with Crippen molar-refractivity contribution in [3.05, 3.63) is 0 Å². The Balaban J connectivity index is 1.89. The van der Waals surface area contributed by atoms with Crippen LogP contribution in [-0.2, 0) is 9.59 Å². The second-order valence-corrected chi connectivity index (χ2v) is 5.89. The van der Waals surface area contributed by atoms with Crippen LogP contribution in [-0.4, -0.2) is 35.3 Å². The van der Waals surface area contributed by atoms with Gasteiger partial charge in [0, 0.05) is 6.04 Å². The van der Waals surface area contributed by atoms with Gasteiger partial charge < -0.3 is 5.32 Å². The van der Waals surface area contributed by atoms with Crippen molar-refractivity contribution in [3.8, 4) is 0 Å². The van der Waals surface area contributed by atoms with Gasteiger partial charge in [-0.2, -0.15) is 0 Å². The van der Waals surface area contributed by atoms with E-state index in [4.69, 9.17) is 0 Å². The van der Waals surface area contributed by atoms with Crippen LogP contribution in [0.4, 0.5) is 0 Å². The summed E-state index contributed by atoms with van der Waals surface area (Å²) in [7, 11) is 0. The molecule has 2 amide bonds. The third kappa shape index (κ3) is 3.16. The van der Waals surface area contributed by atoms with Gasteiger partial charge in [0.1, 0.15) is 0 Å². The van der Waals surface area contributed by atoms with Crippen molar-refractivity contribution in [1.82, 2.24) is 10.2 Å². The van der Waals surface area contributed by atoms with Crippen LogP contribution in [0.15, 0.2) is 0 Å². The molecule has 1 saturated heterocycles. The molecule has 1 N–H and O–H groups in total. The molecule has 2 rings (SSSR count). The van der Waals surface area contributed by atoms with Gasteiger partial charge in [0.2, 0.25) is 11.8 Å². The number of likely N-dealkylation sites (tertiary alicyclic amines) is 1. The highest BCUT2D eigenvalue weighted by Crippen LogP contribution is 2.25. The number of hydrogen-bond donors (Lipinski definition) is 1. The Morgan fingerprint density at radius 1 is 1.21 bits per heavy atom. The van der Waals surface area contributed by atoms with E-state index >= 15 is 0 Å². The van der Waals surface area contributed by atoms with Crippen molar-refractivity contribution < 1.29 is 9.59 Å². The molecule has 0 aromatic heterocycles. The number of imide groups is 1. The molecule has 19 heavy (non-hydrogen) atoms. The van der Waals surface area contributed by atoms with E-state index in [1.807, 2.05) is 13.8 Å². The van der Waals surface area contributed by atoms with Crippen molar-refractivity contribution in [2.45, 2.75) is 70.9 Å². The van der Waals surface area contributed by atoms with Crippen LogP contribution in [0.3, 0.4) is 0 Å². The molecule has 0 spiro atoms. The third-order valence-electron chi connectivity index (χ3n) is 4.62. The lowest BCUT2D eigenvalue weighted by atomic mass is 10.1. The Labute approximate surface area is 115 Å². The predicted octanol–water partition coefficient (Wildman–Crippen LogP) is 2.08. The summed E-state index contributed by atoms with van der Waals surface area (Å²) in [5, 5.41) is 3.32. The van der Waals surface area contributed by atoms with E-state index in [0.29, 0.717) is 12.3 Å². The van der Waals surface area contributed by atoms with Crippen molar-refractivity contribution in [1.29, 1.82) is 0 Å². The highest BCUT2D eigenvalue weighted by atomic mass is 16.2. The Kier molecular flexibility index (Phi) is 4.97. The molecule has 1 aliphatic heterocycles. The average Bonchev–Trinajstić information content (AvgIpc) is 3.00. The van der Waals surface area contributed by atoms with E-state index < -0.39 is 0 Å². The minimum Gasteiger partial charge on any atom is -0.305 e. The van der Waals surface area contributed by atoms with E-state index in [-0.39, 0.29) is 23.9 Å². The molecule has 1 unspecified atom stereocenters. The monoisotopic (exact) mass is 266 g/mol. The number of nitrogens with one attached hydrogen (secondary N) is 1. The van der Waals surface area contributed by atoms with Gasteiger partial charge in [-0.15, -0.1) is 0 Å². The SMILES string of the molecule is CCC(CC)N1C(=O)CC(NCC2CCCC2)C1=O. The number of carbonyl (C=O) groups excluding carboxylic acids is 2. The summed E-state index contributed by atoms with van der Waals surface area (Å²) < 4.78 is 0. The van der Waals surface area contributed by atoms with Crippen molar-refractivity contribution in [3.63, 3.8) is 0 Å². The molecule has 2 fully saturated rings. The molecular formula is C15H26N2O2. The van der Waals surface area contributed by atoms with E-state index in [9.17, 15) is 9.59 Å². The molecule has 0 bridgehead atoms. The molecule has 108 valence electrons. The number of amides is 2. The Morgan fingerprint density at radius 2 is 1.84 bits per heavy atom. The lowest BCUT2D eigenvalue weighted by Gasteiger charge is -2.24. The molecule has 0 aromatic rings. The molecular weight excluding hydrogens is 240 g/mol. The summed E-state index contributed by atoms with van der Waals surface area (Å²) in [6, 6.07) is -0.188. The van der Waals surface area contributed by atoms with E-state index in [1.165, 1.54) is 30.6 Å². The standard InChI is InChI=1S/C15H26N2O2/c1-3-12(4-2)17-14(18)9-13(15(17)19)16-10-11-7-5-6-8-11/h11-13,16H,3-10H2,1-2H3. The van der Waals surface area contributed by atoms with E-state index in [2.05, 4.69) is 5.32 Å². The summed E-state index contributed by atoms with van der Waals surface area (Å²) >= 11 is 0. The first kappa shape index (κ1) is 14.5. The van der Waals surface area contributed by atoms with Crippen LogP contribution >= 0.6 is 0 Å². The lowest BCUT2D eigenvalue weighted by molar-refractivity contribution is -0.141. The van der Waals surface area contributed by atoms with Gasteiger partial charge in [0.05, 0.1) is 12.5 Å². The summed E-state index contributed by atoms with van der Waals surface area (Å²) in [6.45, 7) is 4.96. The van der Waals surface area contributed by atoms with Crippen LogP contribution in [0.1, 0.15) is 58.8 Å². The second kappa shape index (κ2) is 6.51. The first-order chi connectivity index (χ1) is 9.17. The fourth-order valence-corrected chi connectivity index (χ4v) is 3.37. The molecule has 0 aromatic carbocycles. The second-order valence-electron chi connectivity index (χ2n) is 5.89. The summed E-state index contributed by atoms with van der Waals surface area (Å²) in [5.74, 6) is 0.699. The Hall–Kier alpha value is -0.900. The van der Waals surface area contributed by atoms with Crippen LogP contribution in [0, 0.1) is 5.92 Å². The lowest BCUT2D eigenvalue weighted by Crippen LogP contribution is -2.44. The molecule has 2 aliphatic rings. The molecule has 1 aliphatic carbocycles. The molecule has 0 radical (unpaired) electrons. The molecule has 4 heteroatoms. The topological polar surface area (TPSA) is 49.4 Å². The summed E-state index contributed by atoms with van der Waals surface area (Å²) in [5.41, 5.74) is 0. The van der Waals surface area contributed by atoms with Crippen LogP contribution in [0.2, 0.25) is 0 Å². The predicted molar refractivity (Wildman–Crippen MR) is 74.6 cm³/mol. The maximum atomic E-state index is 12.3. The zero-order valence-corrected chi connectivity index (χ0v) is 12.2. The van der Waals surface area contributed by atoms with Crippen molar-refractivity contribution in [2.75, 3.05) is 6.54 Å². The number of nitrogens with zero attached hydrogens (tertiary/aromatic N) is 1. The van der Waals surface area contributed by atoms with Gasteiger partial charge in [-0.05, 0) is 38.1 Å². The van der Waals surface area contributed by atoms with Gasteiger partial charge in [-0.3, -0.25) is 14.5 Å². The van der Waals surface area contributed by atoms with Gasteiger partial charge in [-0.1, -0.05) is 26.7 Å². The zero-order chi connectivity index (χ0) is 13.8. The maximum Gasteiger partial charge on any atom is 0.247 e. The number of hydrogen-bond acceptors (Lipinski definition) is 3. The Bertz CT molecular complexity index is 333. The van der Waals surface area contributed by atoms with Crippen molar-refractivity contribution >= 4 is 11.8 Å². The van der Waals surface area contributed by atoms with Gasteiger partial charge in [-0.25, -0.2) is 0 Å². The fraction of sp³-hybridized carbons (Fsp3) is 0.867. The third-order valence-corrected chi connectivity index (χ3v) is 4.62. The van der Waals surface area contributed by atoms with Crippen molar-refractivity contribution in [2.24, 2.45) is 5.92 Å². The maximum absolute atomic E-state index is 12.3. The minimum atomic E-state index is -0.270. The normalized spacial score (nSPS) is 25.0.